The van der Waals surface area contributed by atoms with Gasteiger partial charge in [-0.25, -0.2) is 4.79 Å². The van der Waals surface area contributed by atoms with Crippen molar-refractivity contribution in [2.75, 3.05) is 0 Å². The van der Waals surface area contributed by atoms with Gasteiger partial charge >= 0.3 is 11.6 Å². The number of fused-ring (bicyclic) bond motifs is 3. The molecule has 0 aliphatic heterocycles. The van der Waals surface area contributed by atoms with Crippen LogP contribution in [0.3, 0.4) is 0 Å². The maximum Gasteiger partial charge on any atom is 0.339 e. The molecular weight excluding hydrogens is 358 g/mol. The molecule has 6 heteroatoms. The third-order valence-electron chi connectivity index (χ3n) is 5.33. The van der Waals surface area contributed by atoms with Crippen molar-refractivity contribution in [1.82, 2.24) is 5.32 Å². The van der Waals surface area contributed by atoms with Gasteiger partial charge in [-0.05, 0) is 48.9 Å². The highest BCUT2D eigenvalue weighted by molar-refractivity contribution is 5.86. The van der Waals surface area contributed by atoms with Crippen molar-refractivity contribution >= 4 is 16.9 Å². The van der Waals surface area contributed by atoms with E-state index in [0.717, 1.165) is 29.4 Å². The molecule has 144 valence electrons. The summed E-state index contributed by atoms with van der Waals surface area (Å²) in [5.41, 5.74) is 2.96. The van der Waals surface area contributed by atoms with Gasteiger partial charge in [0.05, 0.1) is 5.56 Å². The SMILES string of the molecule is O=C(O)C(Cc1ccccc1)NCc1c(O)ccc2c3c(c(=O)oc12)CCC3. The van der Waals surface area contributed by atoms with Gasteiger partial charge in [-0.1, -0.05) is 30.3 Å². The van der Waals surface area contributed by atoms with E-state index in [1.165, 1.54) is 0 Å². The molecule has 1 atom stereocenters. The number of phenolic OH excluding ortho intramolecular Hbond substituents is 1. The van der Waals surface area contributed by atoms with Gasteiger partial charge < -0.3 is 14.6 Å². The molecule has 0 spiro atoms. The molecule has 2 aromatic carbocycles. The van der Waals surface area contributed by atoms with Crippen molar-refractivity contribution in [3.63, 3.8) is 0 Å². The van der Waals surface area contributed by atoms with Crippen LogP contribution < -0.4 is 10.9 Å². The minimum absolute atomic E-state index is 0.0232. The predicted molar refractivity (Wildman–Crippen MR) is 105 cm³/mol. The quantitative estimate of drug-likeness (QED) is 0.570. The number of phenols is 1. The maximum absolute atomic E-state index is 12.3. The molecule has 1 aliphatic rings. The second-order valence-corrected chi connectivity index (χ2v) is 7.10. The number of carboxylic acids is 1. The lowest BCUT2D eigenvalue weighted by atomic mass is 10.0. The fraction of sp³-hybridized carbons (Fsp3) is 0.273. The zero-order valence-corrected chi connectivity index (χ0v) is 15.3. The number of aryl methyl sites for hydroxylation is 1. The van der Waals surface area contributed by atoms with Crippen molar-refractivity contribution < 1.29 is 19.4 Å². The summed E-state index contributed by atoms with van der Waals surface area (Å²) in [6.07, 6.45) is 2.73. The third-order valence-corrected chi connectivity index (χ3v) is 5.33. The van der Waals surface area contributed by atoms with Gasteiger partial charge in [0.15, 0.2) is 0 Å². The molecule has 1 heterocycles. The van der Waals surface area contributed by atoms with Crippen LogP contribution in [-0.2, 0) is 30.6 Å². The molecule has 1 unspecified atom stereocenters. The van der Waals surface area contributed by atoms with Crippen LogP contribution in [0.1, 0.15) is 28.7 Å². The second-order valence-electron chi connectivity index (χ2n) is 7.10. The number of aliphatic carboxylic acids is 1. The molecule has 0 bridgehead atoms. The smallest absolute Gasteiger partial charge is 0.339 e. The Morgan fingerprint density at radius 3 is 2.61 bits per heavy atom. The lowest BCUT2D eigenvalue weighted by Crippen LogP contribution is -2.38. The molecule has 3 aromatic rings. The first-order chi connectivity index (χ1) is 13.5. The Morgan fingerprint density at radius 1 is 1.11 bits per heavy atom. The minimum Gasteiger partial charge on any atom is -0.507 e. The van der Waals surface area contributed by atoms with Gasteiger partial charge in [0.1, 0.15) is 17.4 Å². The van der Waals surface area contributed by atoms with Crippen molar-refractivity contribution in [3.8, 4) is 5.75 Å². The lowest BCUT2D eigenvalue weighted by molar-refractivity contribution is -0.139. The first-order valence-electron chi connectivity index (χ1n) is 9.34. The topological polar surface area (TPSA) is 99.8 Å². The van der Waals surface area contributed by atoms with E-state index < -0.39 is 12.0 Å². The Labute approximate surface area is 161 Å². The van der Waals surface area contributed by atoms with E-state index in [1.807, 2.05) is 30.3 Å². The van der Waals surface area contributed by atoms with E-state index in [1.54, 1.807) is 12.1 Å². The van der Waals surface area contributed by atoms with Gasteiger partial charge in [0.25, 0.3) is 0 Å². The van der Waals surface area contributed by atoms with Gasteiger partial charge in [0, 0.05) is 17.5 Å². The summed E-state index contributed by atoms with van der Waals surface area (Å²) in [5, 5.41) is 23.7. The summed E-state index contributed by atoms with van der Waals surface area (Å²) in [7, 11) is 0. The summed E-state index contributed by atoms with van der Waals surface area (Å²) in [6.45, 7) is 0.0781. The van der Waals surface area contributed by atoms with E-state index in [9.17, 15) is 19.8 Å². The van der Waals surface area contributed by atoms with Gasteiger partial charge in [0.2, 0.25) is 0 Å². The fourth-order valence-corrected chi connectivity index (χ4v) is 3.88. The average Bonchev–Trinajstić information content (AvgIpc) is 3.18. The van der Waals surface area contributed by atoms with Gasteiger partial charge in [-0.3, -0.25) is 10.1 Å². The van der Waals surface area contributed by atoms with Crippen molar-refractivity contribution in [2.24, 2.45) is 0 Å². The normalized spacial score (nSPS) is 14.1. The highest BCUT2D eigenvalue weighted by Crippen LogP contribution is 2.33. The fourth-order valence-electron chi connectivity index (χ4n) is 3.88. The summed E-state index contributed by atoms with van der Waals surface area (Å²) in [6, 6.07) is 11.8. The highest BCUT2D eigenvalue weighted by atomic mass is 16.4. The van der Waals surface area contributed by atoms with Crippen LogP contribution >= 0.6 is 0 Å². The summed E-state index contributed by atoms with van der Waals surface area (Å²) < 4.78 is 5.52. The average molecular weight is 379 g/mol. The summed E-state index contributed by atoms with van der Waals surface area (Å²) in [5.74, 6) is -1.00. The van der Waals surface area contributed by atoms with E-state index in [4.69, 9.17) is 4.42 Å². The number of hydrogen-bond acceptors (Lipinski definition) is 5. The standard InChI is InChI=1S/C22H21NO5/c24-19-10-9-15-14-7-4-8-16(14)22(27)28-20(15)17(19)12-23-18(21(25)26)11-13-5-2-1-3-6-13/h1-3,5-6,9-10,18,23-24H,4,7-8,11-12H2,(H,25,26). The van der Waals surface area contributed by atoms with Crippen LogP contribution in [0, 0.1) is 0 Å². The zero-order chi connectivity index (χ0) is 19.7. The first kappa shape index (κ1) is 18.3. The molecule has 0 radical (unpaired) electrons. The van der Waals surface area contributed by atoms with Crippen LogP contribution in [-0.4, -0.2) is 22.2 Å². The molecule has 28 heavy (non-hydrogen) atoms. The number of benzene rings is 2. The zero-order valence-electron chi connectivity index (χ0n) is 15.3. The molecule has 0 saturated heterocycles. The Morgan fingerprint density at radius 2 is 1.86 bits per heavy atom. The van der Waals surface area contributed by atoms with Gasteiger partial charge in [-0.15, -0.1) is 0 Å². The highest BCUT2D eigenvalue weighted by Gasteiger charge is 2.23. The molecular formula is C22H21NO5. The molecule has 4 rings (SSSR count). The number of carbonyl (C=O) groups is 1. The van der Waals surface area contributed by atoms with Crippen molar-refractivity contribution in [3.05, 3.63) is 75.1 Å². The summed E-state index contributed by atoms with van der Waals surface area (Å²) in [4.78, 5) is 24.0. The van der Waals surface area contributed by atoms with Gasteiger partial charge in [-0.2, -0.15) is 0 Å². The number of carboxylic acid groups (broad SMARTS) is 1. The molecule has 3 N–H and O–H groups in total. The molecule has 0 fully saturated rings. The number of hydrogen-bond donors (Lipinski definition) is 3. The maximum atomic E-state index is 12.3. The number of nitrogens with one attached hydrogen (secondary N) is 1. The second kappa shape index (κ2) is 7.48. The molecule has 1 aromatic heterocycles. The van der Waals surface area contributed by atoms with E-state index in [-0.39, 0.29) is 17.9 Å². The minimum atomic E-state index is -0.981. The van der Waals surface area contributed by atoms with Crippen LogP contribution in [0.25, 0.3) is 11.0 Å². The Kier molecular flexibility index (Phi) is 4.88. The Bertz CT molecular complexity index is 1090. The van der Waals surface area contributed by atoms with Crippen LogP contribution in [0.4, 0.5) is 0 Å². The largest absolute Gasteiger partial charge is 0.507 e. The third kappa shape index (κ3) is 3.39. The Balaban J connectivity index is 1.65. The monoisotopic (exact) mass is 379 g/mol. The van der Waals surface area contributed by atoms with Crippen molar-refractivity contribution in [2.45, 2.75) is 38.3 Å². The van der Waals surface area contributed by atoms with Crippen LogP contribution in [0.15, 0.2) is 51.7 Å². The lowest BCUT2D eigenvalue weighted by Gasteiger charge is -2.16. The predicted octanol–water partition coefficient (Wildman–Crippen LogP) is 2.77. The number of rotatable bonds is 6. The van der Waals surface area contributed by atoms with E-state index in [2.05, 4.69) is 5.32 Å². The number of aromatic hydroxyl groups is 1. The first-order valence-corrected chi connectivity index (χ1v) is 9.34. The summed E-state index contributed by atoms with van der Waals surface area (Å²) >= 11 is 0. The molecule has 0 saturated carbocycles. The molecule has 1 aliphatic carbocycles. The molecule has 6 nitrogen and oxygen atoms in total. The van der Waals surface area contributed by atoms with Crippen LogP contribution in [0.5, 0.6) is 5.75 Å². The Hall–Kier alpha value is -3.12. The van der Waals surface area contributed by atoms with Crippen molar-refractivity contribution in [1.29, 1.82) is 0 Å². The van der Waals surface area contributed by atoms with E-state index >= 15 is 0 Å². The van der Waals surface area contributed by atoms with E-state index in [0.29, 0.717) is 29.6 Å². The molecule has 0 amide bonds. The van der Waals surface area contributed by atoms with Crippen LogP contribution in [0.2, 0.25) is 0 Å².